The first kappa shape index (κ1) is 15.5. The molecule has 0 saturated carbocycles. The van der Waals surface area contributed by atoms with E-state index in [2.05, 4.69) is 15.4 Å². The number of benzene rings is 1. The lowest BCUT2D eigenvalue weighted by atomic mass is 9.97. The third-order valence-corrected chi connectivity index (χ3v) is 3.56. The van der Waals surface area contributed by atoms with Crippen LogP contribution in [0.3, 0.4) is 0 Å². The van der Waals surface area contributed by atoms with Crippen LogP contribution in [0.1, 0.15) is 30.6 Å². The number of fused-ring (bicyclic) bond motifs is 1. The number of carbonyl (C=O) groups excluding carboxylic acids is 2. The lowest BCUT2D eigenvalue weighted by molar-refractivity contribution is -0.142. The second-order valence-electron chi connectivity index (χ2n) is 5.03. The Morgan fingerprint density at radius 2 is 2.29 bits per heavy atom. The predicted octanol–water partition coefficient (Wildman–Crippen LogP) is 0.756. The molecule has 1 heterocycles. The Kier molecular flexibility index (Phi) is 4.93. The molecule has 0 aliphatic carbocycles. The topological polar surface area (TPSA) is 87.7 Å². The first-order chi connectivity index (χ1) is 10.0. The van der Waals surface area contributed by atoms with Crippen molar-refractivity contribution in [2.24, 2.45) is 0 Å². The van der Waals surface area contributed by atoms with E-state index in [-0.39, 0.29) is 18.3 Å². The fraction of sp³-hybridized carbons (Fsp3) is 0.467. The van der Waals surface area contributed by atoms with Crippen LogP contribution >= 0.6 is 0 Å². The van der Waals surface area contributed by atoms with Crippen molar-refractivity contribution in [3.8, 4) is 0 Å². The van der Waals surface area contributed by atoms with Gasteiger partial charge in [-0.25, -0.2) is 0 Å². The molecule has 0 spiro atoms. The average Bonchev–Trinajstić information content (AvgIpc) is 2.84. The summed E-state index contributed by atoms with van der Waals surface area (Å²) in [5, 5.41) is 16.3. The molecule has 0 radical (unpaired) electrons. The van der Waals surface area contributed by atoms with Gasteiger partial charge >= 0.3 is 5.97 Å². The molecular weight excluding hydrogens is 272 g/mol. The highest BCUT2D eigenvalue weighted by Gasteiger charge is 2.25. The number of likely N-dealkylation sites (N-methyl/N-ethyl adjacent to an activating group) is 1. The van der Waals surface area contributed by atoms with Gasteiger partial charge in [0, 0.05) is 11.7 Å². The number of hydrogen-bond acceptors (Lipinski definition) is 5. The van der Waals surface area contributed by atoms with Crippen molar-refractivity contribution in [1.82, 2.24) is 5.32 Å². The summed E-state index contributed by atoms with van der Waals surface area (Å²) in [7, 11) is 1.32. The molecule has 1 aromatic carbocycles. The summed E-state index contributed by atoms with van der Waals surface area (Å²) >= 11 is 0. The van der Waals surface area contributed by atoms with E-state index < -0.39 is 12.1 Å². The Balaban J connectivity index is 2.16. The number of hydrogen-bond donors (Lipinski definition) is 3. The standard InChI is InChI=1S/C15H20N2O4/c1-3-16-12(8-14(19)21-2)15(20)9-4-5-11-10(6-9)7-13(18)17-11/h4-6,12,15-16,20H,3,7-8H2,1-2H3,(H,17,18). The molecule has 1 amide bonds. The number of carbonyl (C=O) groups is 2. The zero-order valence-corrected chi connectivity index (χ0v) is 12.2. The fourth-order valence-corrected chi connectivity index (χ4v) is 2.49. The van der Waals surface area contributed by atoms with Crippen LogP contribution in [0.15, 0.2) is 18.2 Å². The van der Waals surface area contributed by atoms with Crippen molar-refractivity contribution in [2.75, 3.05) is 19.0 Å². The average molecular weight is 292 g/mol. The van der Waals surface area contributed by atoms with E-state index in [0.717, 1.165) is 11.3 Å². The molecule has 21 heavy (non-hydrogen) atoms. The maximum absolute atomic E-state index is 11.4. The normalized spacial score (nSPS) is 16.0. The molecule has 1 aromatic rings. The van der Waals surface area contributed by atoms with E-state index in [0.29, 0.717) is 18.5 Å². The third-order valence-electron chi connectivity index (χ3n) is 3.56. The van der Waals surface area contributed by atoms with Gasteiger partial charge in [0.25, 0.3) is 0 Å². The van der Waals surface area contributed by atoms with E-state index in [4.69, 9.17) is 0 Å². The molecule has 0 fully saturated rings. The highest BCUT2D eigenvalue weighted by atomic mass is 16.5. The van der Waals surface area contributed by atoms with Crippen LogP contribution in [0.4, 0.5) is 5.69 Å². The number of methoxy groups -OCH3 is 1. The summed E-state index contributed by atoms with van der Waals surface area (Å²) in [5.41, 5.74) is 2.33. The number of esters is 1. The van der Waals surface area contributed by atoms with Crippen molar-refractivity contribution in [3.05, 3.63) is 29.3 Å². The lowest BCUT2D eigenvalue weighted by Crippen LogP contribution is -2.37. The van der Waals surface area contributed by atoms with Crippen LogP contribution in [-0.4, -0.2) is 36.7 Å². The molecule has 0 saturated heterocycles. The number of ether oxygens (including phenoxy) is 1. The highest BCUT2D eigenvalue weighted by Crippen LogP contribution is 2.28. The largest absolute Gasteiger partial charge is 0.469 e. The van der Waals surface area contributed by atoms with Crippen LogP contribution in [0.2, 0.25) is 0 Å². The summed E-state index contributed by atoms with van der Waals surface area (Å²) in [6.45, 7) is 2.53. The minimum atomic E-state index is -0.843. The Labute approximate surface area is 123 Å². The van der Waals surface area contributed by atoms with Gasteiger partial charge in [0.15, 0.2) is 0 Å². The van der Waals surface area contributed by atoms with Crippen molar-refractivity contribution >= 4 is 17.6 Å². The molecule has 114 valence electrons. The number of nitrogens with one attached hydrogen (secondary N) is 2. The second-order valence-corrected chi connectivity index (χ2v) is 5.03. The number of aliphatic hydroxyl groups is 1. The monoisotopic (exact) mass is 292 g/mol. The summed E-state index contributed by atoms with van der Waals surface area (Å²) < 4.78 is 4.66. The van der Waals surface area contributed by atoms with Gasteiger partial charge in [-0.2, -0.15) is 0 Å². The summed E-state index contributed by atoms with van der Waals surface area (Å²) in [6, 6.07) is 4.92. The van der Waals surface area contributed by atoms with Crippen LogP contribution < -0.4 is 10.6 Å². The van der Waals surface area contributed by atoms with Gasteiger partial charge in [0.1, 0.15) is 0 Å². The maximum Gasteiger partial charge on any atom is 0.307 e. The van der Waals surface area contributed by atoms with Gasteiger partial charge < -0.3 is 20.5 Å². The molecule has 1 aliphatic rings. The van der Waals surface area contributed by atoms with Crippen molar-refractivity contribution in [3.63, 3.8) is 0 Å². The number of anilines is 1. The van der Waals surface area contributed by atoms with E-state index >= 15 is 0 Å². The van der Waals surface area contributed by atoms with Gasteiger partial charge in [-0.15, -0.1) is 0 Å². The summed E-state index contributed by atoms with van der Waals surface area (Å²) in [4.78, 5) is 22.8. The zero-order valence-electron chi connectivity index (χ0n) is 12.2. The molecule has 0 bridgehead atoms. The van der Waals surface area contributed by atoms with Crippen molar-refractivity contribution in [2.45, 2.75) is 31.9 Å². The molecule has 6 heteroatoms. The fourth-order valence-electron chi connectivity index (χ4n) is 2.49. The Morgan fingerprint density at radius 1 is 1.52 bits per heavy atom. The van der Waals surface area contributed by atoms with Crippen LogP contribution in [-0.2, 0) is 20.7 Å². The van der Waals surface area contributed by atoms with E-state index in [1.165, 1.54) is 7.11 Å². The van der Waals surface area contributed by atoms with Crippen LogP contribution in [0.5, 0.6) is 0 Å². The molecular formula is C15H20N2O4. The van der Waals surface area contributed by atoms with E-state index in [9.17, 15) is 14.7 Å². The predicted molar refractivity (Wildman–Crippen MR) is 77.8 cm³/mol. The van der Waals surface area contributed by atoms with Gasteiger partial charge in [-0.05, 0) is 23.7 Å². The van der Waals surface area contributed by atoms with Crippen molar-refractivity contribution < 1.29 is 19.4 Å². The number of rotatable bonds is 6. The minimum absolute atomic E-state index is 0.0468. The first-order valence-corrected chi connectivity index (χ1v) is 6.96. The zero-order chi connectivity index (χ0) is 15.4. The Morgan fingerprint density at radius 3 is 2.95 bits per heavy atom. The highest BCUT2D eigenvalue weighted by molar-refractivity contribution is 5.99. The van der Waals surface area contributed by atoms with Gasteiger partial charge in [0.2, 0.25) is 5.91 Å². The van der Waals surface area contributed by atoms with Crippen molar-refractivity contribution in [1.29, 1.82) is 0 Å². The maximum atomic E-state index is 11.4. The van der Waals surface area contributed by atoms with E-state index in [1.807, 2.05) is 6.92 Å². The smallest absolute Gasteiger partial charge is 0.307 e. The quantitative estimate of drug-likeness (QED) is 0.674. The van der Waals surface area contributed by atoms with Gasteiger partial charge in [-0.1, -0.05) is 19.1 Å². The molecule has 2 rings (SSSR count). The second kappa shape index (κ2) is 6.69. The Hall–Kier alpha value is -1.92. The molecule has 6 nitrogen and oxygen atoms in total. The number of amides is 1. The number of aliphatic hydroxyl groups excluding tert-OH is 1. The first-order valence-electron chi connectivity index (χ1n) is 6.96. The van der Waals surface area contributed by atoms with Crippen LogP contribution in [0.25, 0.3) is 0 Å². The van der Waals surface area contributed by atoms with E-state index in [1.54, 1.807) is 18.2 Å². The molecule has 1 aliphatic heterocycles. The minimum Gasteiger partial charge on any atom is -0.469 e. The van der Waals surface area contributed by atoms with Gasteiger partial charge in [-0.3, -0.25) is 9.59 Å². The molecule has 2 atom stereocenters. The molecule has 0 aromatic heterocycles. The molecule has 3 N–H and O–H groups in total. The van der Waals surface area contributed by atoms with Gasteiger partial charge in [0.05, 0.1) is 26.1 Å². The third kappa shape index (κ3) is 3.59. The summed E-state index contributed by atoms with van der Waals surface area (Å²) in [6.07, 6.45) is -0.441. The summed E-state index contributed by atoms with van der Waals surface area (Å²) in [5.74, 6) is -0.424. The lowest BCUT2D eigenvalue weighted by Gasteiger charge is -2.23. The van der Waals surface area contributed by atoms with Crippen LogP contribution in [0, 0.1) is 0 Å². The Bertz CT molecular complexity index is 544. The molecule has 2 unspecified atom stereocenters. The SMILES string of the molecule is CCNC(CC(=O)OC)C(O)c1ccc2c(c1)CC(=O)N2.